The van der Waals surface area contributed by atoms with E-state index in [4.69, 9.17) is 21.2 Å². The molecule has 20 heteroatoms. The summed E-state index contributed by atoms with van der Waals surface area (Å²) in [4.78, 5) is 74.4. The number of carbonyl (C=O) groups is 5. The first-order chi connectivity index (χ1) is 24.9. The lowest BCUT2D eigenvalue weighted by atomic mass is 10.0. The molecule has 0 saturated carbocycles. The minimum atomic E-state index is -1.89. The van der Waals surface area contributed by atoms with E-state index in [0.29, 0.717) is 5.57 Å². The maximum atomic E-state index is 13.8. The predicted molar refractivity (Wildman–Crippen MR) is 194 cm³/mol. The molecule has 2 aliphatic heterocycles. The average molecular weight is 791 g/mol. The molecule has 0 aromatic carbocycles. The number of pyridine rings is 1. The molecule has 1 fully saturated rings. The van der Waals surface area contributed by atoms with Crippen LogP contribution in [0.2, 0.25) is 4.34 Å². The largest absolute Gasteiger partial charge is 0.543 e. The highest BCUT2D eigenvalue weighted by Crippen LogP contribution is 2.40. The van der Waals surface area contributed by atoms with Crippen LogP contribution in [-0.4, -0.2) is 97.1 Å². The smallest absolute Gasteiger partial charge is 0.413 e. The van der Waals surface area contributed by atoms with Crippen LogP contribution in [0.3, 0.4) is 0 Å². The van der Waals surface area contributed by atoms with Gasteiger partial charge in [0.1, 0.15) is 32.6 Å². The van der Waals surface area contributed by atoms with E-state index in [1.165, 1.54) is 25.6 Å². The van der Waals surface area contributed by atoms with E-state index in [1.807, 2.05) is 42.2 Å². The zero-order valence-corrected chi connectivity index (χ0v) is 32.1. The number of halogens is 1. The standard InChI is InChI=1S/C33H39ClN8O9S2/c1-32(2,3)50-31(49)38-30-37-20(24(34)53-30)21(39-51-33(4,5)29(47)48)25(43)36-22-26(44)42-23(28(45)46)17(16-52-27(22)42)15-41-12-7-9-18-19(41)10-14-40(18)13-8-11-35-6/h7,9-10,12,14,22,27,35H,8,11,13,15-16H2,1-6H3,(H3-,36,37,38,43,45,46,47,48,49)/b39-21-. The van der Waals surface area contributed by atoms with E-state index in [1.54, 1.807) is 20.8 Å². The fraction of sp³-hybridized carbons (Fsp3) is 0.455. The van der Waals surface area contributed by atoms with Crippen molar-refractivity contribution in [3.8, 4) is 0 Å². The van der Waals surface area contributed by atoms with Gasteiger partial charge in [0.15, 0.2) is 23.6 Å². The van der Waals surface area contributed by atoms with Crippen molar-refractivity contribution in [1.29, 1.82) is 0 Å². The molecule has 17 nitrogen and oxygen atoms in total. The fourth-order valence-corrected chi connectivity index (χ4v) is 7.83. The lowest BCUT2D eigenvalue weighted by Crippen LogP contribution is -2.71. The molecule has 3 amide bonds. The van der Waals surface area contributed by atoms with E-state index in [9.17, 15) is 34.2 Å². The molecule has 3 aromatic rings. The first-order valence-electron chi connectivity index (χ1n) is 16.4. The lowest BCUT2D eigenvalue weighted by Gasteiger charge is -2.50. The quantitative estimate of drug-likeness (QED) is 0.0603. The first kappa shape index (κ1) is 39.5. The highest BCUT2D eigenvalue weighted by molar-refractivity contribution is 8.00. The molecule has 4 N–H and O–H groups in total. The van der Waals surface area contributed by atoms with E-state index in [0.717, 1.165) is 46.8 Å². The number of ether oxygens (including phenoxy) is 1. The molecule has 2 atom stereocenters. The molecule has 0 bridgehead atoms. The second-order valence-corrected chi connectivity index (χ2v) is 16.3. The predicted octanol–water partition coefficient (Wildman–Crippen LogP) is 1.68. The maximum Gasteiger partial charge on any atom is 0.413 e. The van der Waals surface area contributed by atoms with Crippen LogP contribution < -0.4 is 25.6 Å². The van der Waals surface area contributed by atoms with Gasteiger partial charge in [0.2, 0.25) is 11.1 Å². The van der Waals surface area contributed by atoms with Crippen molar-refractivity contribution < 1.29 is 48.3 Å². The summed E-state index contributed by atoms with van der Waals surface area (Å²) in [5, 5.41) is 33.1. The third-order valence-corrected chi connectivity index (χ3v) is 10.6. The lowest BCUT2D eigenvalue weighted by molar-refractivity contribution is -0.663. The normalized spacial score (nSPS) is 17.7. The van der Waals surface area contributed by atoms with Crippen LogP contribution in [0.25, 0.3) is 11.0 Å². The van der Waals surface area contributed by atoms with Gasteiger partial charge in [-0.25, -0.2) is 14.6 Å². The number of amides is 3. The van der Waals surface area contributed by atoms with Crippen molar-refractivity contribution in [1.82, 2.24) is 25.1 Å². The SMILES string of the molecule is CNCCCn1ccc2c1ccc[n+]2CC1=C(C(=O)[O-])N2C(=O)C(NC(=O)/C(=N\OC(C)(C)C(=O)O)c3nc(NC(=O)OC(C)(C)C)sc3Cl)C2SC1. The second-order valence-electron chi connectivity index (χ2n) is 13.6. The number of aryl methyl sites for hydroxylation is 1. The number of aliphatic carboxylic acids is 2. The number of rotatable bonds is 14. The van der Waals surface area contributed by atoms with Crippen LogP contribution in [0, 0.1) is 0 Å². The Hall–Kier alpha value is -4.72. The van der Waals surface area contributed by atoms with E-state index in [-0.39, 0.29) is 33.2 Å². The summed E-state index contributed by atoms with van der Waals surface area (Å²) in [7, 11) is 1.89. The minimum Gasteiger partial charge on any atom is -0.543 e. The molecule has 5 heterocycles. The second kappa shape index (κ2) is 15.7. The average Bonchev–Trinajstić information content (AvgIpc) is 3.65. The Morgan fingerprint density at radius 1 is 1.21 bits per heavy atom. The molecule has 0 spiro atoms. The third-order valence-electron chi connectivity index (χ3n) is 8.04. The van der Waals surface area contributed by atoms with Gasteiger partial charge in [0, 0.05) is 36.2 Å². The van der Waals surface area contributed by atoms with Crippen LogP contribution in [0.4, 0.5) is 9.93 Å². The number of anilines is 1. The van der Waals surface area contributed by atoms with Crippen molar-refractivity contribution in [3.63, 3.8) is 0 Å². The van der Waals surface area contributed by atoms with Crippen molar-refractivity contribution in [2.75, 3.05) is 24.7 Å². The third kappa shape index (κ3) is 8.75. The van der Waals surface area contributed by atoms with E-state index < -0.39 is 58.2 Å². The van der Waals surface area contributed by atoms with Gasteiger partial charge in [-0.05, 0) is 60.7 Å². The van der Waals surface area contributed by atoms with Gasteiger partial charge in [-0.3, -0.25) is 19.8 Å². The number of thioether (sulfide) groups is 1. The molecular formula is C33H39ClN8O9S2. The molecule has 1 saturated heterocycles. The molecule has 2 aliphatic rings. The molecule has 3 aromatic heterocycles. The maximum absolute atomic E-state index is 13.8. The molecule has 284 valence electrons. The van der Waals surface area contributed by atoms with Crippen LogP contribution in [0.15, 0.2) is 47.0 Å². The Balaban J connectivity index is 1.38. The zero-order valence-electron chi connectivity index (χ0n) is 29.7. The zero-order chi connectivity index (χ0) is 38.8. The molecule has 2 unspecified atom stereocenters. The number of fused-ring (bicyclic) bond motifs is 2. The fourth-order valence-electron chi connectivity index (χ4n) is 5.47. The minimum absolute atomic E-state index is 0.0684. The van der Waals surface area contributed by atoms with Crippen LogP contribution in [-0.2, 0) is 41.8 Å². The van der Waals surface area contributed by atoms with Gasteiger partial charge in [0.05, 0.1) is 11.7 Å². The van der Waals surface area contributed by atoms with Crippen LogP contribution in [0.5, 0.6) is 0 Å². The number of aromatic nitrogens is 3. The number of thiazole rings is 1. The molecule has 0 aliphatic carbocycles. The van der Waals surface area contributed by atoms with E-state index >= 15 is 0 Å². The van der Waals surface area contributed by atoms with Crippen molar-refractivity contribution >= 4 is 86.4 Å². The van der Waals surface area contributed by atoms with Crippen LogP contribution >= 0.6 is 34.7 Å². The molecular weight excluding hydrogens is 752 g/mol. The summed E-state index contributed by atoms with van der Waals surface area (Å²) in [6.07, 6.45) is 3.89. The Labute approximate surface area is 317 Å². The number of hydrogen-bond acceptors (Lipinski definition) is 13. The number of carboxylic acid groups (broad SMARTS) is 2. The summed E-state index contributed by atoms with van der Waals surface area (Å²) >= 11 is 8.43. The monoisotopic (exact) mass is 790 g/mol. The molecule has 5 rings (SSSR count). The summed E-state index contributed by atoms with van der Waals surface area (Å²) in [6.45, 7) is 9.21. The van der Waals surface area contributed by atoms with Gasteiger partial charge >= 0.3 is 12.1 Å². The van der Waals surface area contributed by atoms with Gasteiger partial charge in [-0.1, -0.05) is 28.1 Å². The van der Waals surface area contributed by atoms with Crippen molar-refractivity contribution in [2.45, 2.75) is 76.7 Å². The molecule has 53 heavy (non-hydrogen) atoms. The van der Waals surface area contributed by atoms with Gasteiger partial charge < -0.3 is 39.8 Å². The first-order valence-corrected chi connectivity index (χ1v) is 18.6. The van der Waals surface area contributed by atoms with Crippen molar-refractivity contribution in [2.24, 2.45) is 5.16 Å². The van der Waals surface area contributed by atoms with Gasteiger partial charge in [-0.15, -0.1) is 11.8 Å². The summed E-state index contributed by atoms with van der Waals surface area (Å²) in [6, 6.07) is 4.61. The number of hydrogen-bond donors (Lipinski definition) is 4. The summed E-state index contributed by atoms with van der Waals surface area (Å²) in [5.74, 6) is -4.45. The van der Waals surface area contributed by atoms with Gasteiger partial charge in [0.25, 0.3) is 11.8 Å². The van der Waals surface area contributed by atoms with Crippen molar-refractivity contribution in [3.05, 3.63) is 51.9 Å². The number of carbonyl (C=O) groups excluding carboxylic acids is 4. The number of β-lactam (4-membered cyclic amide) rings is 1. The number of nitrogens with zero attached hydrogens (tertiary/aromatic N) is 5. The Bertz CT molecular complexity index is 2020. The number of carboxylic acids is 2. The number of nitrogens with one attached hydrogen (secondary N) is 3. The Kier molecular flexibility index (Phi) is 11.7. The number of oxime groups is 1. The Morgan fingerprint density at radius 3 is 2.60 bits per heavy atom. The van der Waals surface area contributed by atoms with Gasteiger partial charge in [-0.2, -0.15) is 4.57 Å². The summed E-state index contributed by atoms with van der Waals surface area (Å²) < 4.78 is 9.15. The van der Waals surface area contributed by atoms with E-state index in [2.05, 4.69) is 30.7 Å². The summed E-state index contributed by atoms with van der Waals surface area (Å²) in [5.41, 5.74) is -1.54. The Morgan fingerprint density at radius 2 is 1.94 bits per heavy atom. The highest BCUT2D eigenvalue weighted by atomic mass is 35.5. The molecule has 0 radical (unpaired) electrons. The highest BCUT2D eigenvalue weighted by Gasteiger charge is 2.53. The van der Waals surface area contributed by atoms with Crippen LogP contribution in [0.1, 0.15) is 46.7 Å². The topological polar surface area (TPSA) is 220 Å².